The highest BCUT2D eigenvalue weighted by Gasteiger charge is 2.30. The van der Waals surface area contributed by atoms with Crippen molar-refractivity contribution in [2.24, 2.45) is 0 Å². The van der Waals surface area contributed by atoms with Gasteiger partial charge in [0.15, 0.2) is 0 Å². The predicted octanol–water partition coefficient (Wildman–Crippen LogP) is 3.63. The summed E-state index contributed by atoms with van der Waals surface area (Å²) in [6.45, 7) is 0.932. The molecule has 1 amide bonds. The van der Waals surface area contributed by atoms with Crippen molar-refractivity contribution in [2.45, 2.75) is 25.2 Å². The molecule has 2 aromatic carbocycles. The summed E-state index contributed by atoms with van der Waals surface area (Å²) in [6, 6.07) is 8.85. The first-order chi connectivity index (χ1) is 12.2. The van der Waals surface area contributed by atoms with Crippen LogP contribution in [-0.2, 0) is 19.1 Å². The van der Waals surface area contributed by atoms with Gasteiger partial charge < -0.3 is 5.32 Å². The molecular formula is C19H18F4N2O. The highest BCUT2D eigenvalue weighted by Crippen LogP contribution is 2.29. The number of benzene rings is 2. The number of halogens is 4. The number of nitrogens with one attached hydrogen (secondary N) is 1. The van der Waals surface area contributed by atoms with Crippen LogP contribution in [0.1, 0.15) is 27.0 Å². The van der Waals surface area contributed by atoms with E-state index in [1.807, 2.05) is 11.9 Å². The smallest absolute Gasteiger partial charge is 0.350 e. The third kappa shape index (κ3) is 4.04. The fourth-order valence-electron chi connectivity index (χ4n) is 3.10. The highest BCUT2D eigenvalue weighted by molar-refractivity contribution is 5.94. The Morgan fingerprint density at radius 1 is 1.15 bits per heavy atom. The molecule has 1 unspecified atom stereocenters. The molecule has 7 heteroatoms. The average molecular weight is 366 g/mol. The Morgan fingerprint density at radius 3 is 2.50 bits per heavy atom. The monoisotopic (exact) mass is 366 g/mol. The Kier molecular flexibility index (Phi) is 5.00. The van der Waals surface area contributed by atoms with Crippen LogP contribution in [0.25, 0.3) is 0 Å². The highest BCUT2D eigenvalue weighted by atomic mass is 19.4. The van der Waals surface area contributed by atoms with E-state index in [0.717, 1.165) is 23.3 Å². The zero-order valence-corrected chi connectivity index (χ0v) is 14.1. The molecule has 1 atom stereocenters. The van der Waals surface area contributed by atoms with Gasteiger partial charge in [-0.3, -0.25) is 9.69 Å². The molecule has 0 saturated carbocycles. The molecule has 1 aliphatic rings. The lowest BCUT2D eigenvalue weighted by atomic mass is 9.94. The van der Waals surface area contributed by atoms with E-state index in [0.29, 0.717) is 19.5 Å². The summed E-state index contributed by atoms with van der Waals surface area (Å²) < 4.78 is 51.0. The molecule has 0 spiro atoms. The zero-order valence-electron chi connectivity index (χ0n) is 14.1. The third-order valence-electron chi connectivity index (χ3n) is 4.64. The van der Waals surface area contributed by atoms with Crippen molar-refractivity contribution < 1.29 is 22.4 Å². The summed E-state index contributed by atoms with van der Waals surface area (Å²) in [6.07, 6.45) is -3.76. The Bertz CT molecular complexity index is 802. The van der Waals surface area contributed by atoms with Crippen molar-refractivity contribution in [1.29, 1.82) is 0 Å². The lowest BCUT2D eigenvalue weighted by molar-refractivity contribution is -0.137. The van der Waals surface area contributed by atoms with Crippen LogP contribution in [-0.4, -0.2) is 30.4 Å². The number of hydrogen-bond acceptors (Lipinski definition) is 2. The van der Waals surface area contributed by atoms with E-state index in [1.54, 1.807) is 6.07 Å². The van der Waals surface area contributed by atoms with E-state index < -0.39 is 17.6 Å². The lowest BCUT2D eigenvalue weighted by Gasteiger charge is -2.34. The standard InChI is InChI=1S/C19H18F4N2O/c1-25-11-14-8-16(20)7-4-13(14)9-17(25)10-24-18(26)12-2-5-15(6-3-12)19(21,22)23/h2-8,17H,9-11H2,1H3,(H,24,26). The van der Waals surface area contributed by atoms with Gasteiger partial charge in [-0.1, -0.05) is 6.07 Å². The van der Waals surface area contributed by atoms with Crippen molar-refractivity contribution in [3.8, 4) is 0 Å². The number of nitrogens with zero attached hydrogens (tertiary/aromatic N) is 1. The number of amides is 1. The Morgan fingerprint density at radius 2 is 1.85 bits per heavy atom. The van der Waals surface area contributed by atoms with Crippen molar-refractivity contribution in [2.75, 3.05) is 13.6 Å². The maximum Gasteiger partial charge on any atom is 0.416 e. The molecule has 26 heavy (non-hydrogen) atoms. The molecule has 0 fully saturated rings. The maximum atomic E-state index is 13.3. The van der Waals surface area contributed by atoms with Crippen LogP contribution >= 0.6 is 0 Å². The van der Waals surface area contributed by atoms with Gasteiger partial charge in [-0.25, -0.2) is 4.39 Å². The summed E-state index contributed by atoms with van der Waals surface area (Å²) in [7, 11) is 1.89. The van der Waals surface area contributed by atoms with Gasteiger partial charge in [0.05, 0.1) is 5.56 Å². The van der Waals surface area contributed by atoms with Crippen LogP contribution in [0.5, 0.6) is 0 Å². The van der Waals surface area contributed by atoms with Crippen molar-refractivity contribution in [1.82, 2.24) is 10.2 Å². The SMILES string of the molecule is CN1Cc2cc(F)ccc2CC1CNC(=O)c1ccc(C(F)(F)F)cc1. The second-order valence-electron chi connectivity index (χ2n) is 6.47. The van der Waals surface area contributed by atoms with E-state index >= 15 is 0 Å². The van der Waals surface area contributed by atoms with Crippen LogP contribution in [0.4, 0.5) is 17.6 Å². The minimum atomic E-state index is -4.42. The fraction of sp³-hybridized carbons (Fsp3) is 0.316. The molecule has 1 heterocycles. The van der Waals surface area contributed by atoms with E-state index in [2.05, 4.69) is 5.32 Å². The van der Waals surface area contributed by atoms with Gasteiger partial charge in [-0.05, 0) is 61.0 Å². The maximum absolute atomic E-state index is 13.3. The Labute approximate surface area is 148 Å². The molecule has 0 radical (unpaired) electrons. The number of rotatable bonds is 3. The van der Waals surface area contributed by atoms with Gasteiger partial charge in [0.2, 0.25) is 0 Å². The van der Waals surface area contributed by atoms with Crippen LogP contribution in [0.3, 0.4) is 0 Å². The van der Waals surface area contributed by atoms with Crippen LogP contribution in [0, 0.1) is 5.82 Å². The van der Waals surface area contributed by atoms with E-state index in [9.17, 15) is 22.4 Å². The molecule has 2 aromatic rings. The number of hydrogen-bond donors (Lipinski definition) is 1. The first-order valence-electron chi connectivity index (χ1n) is 8.17. The van der Waals surface area contributed by atoms with E-state index in [1.165, 1.54) is 24.3 Å². The van der Waals surface area contributed by atoms with Gasteiger partial charge in [0, 0.05) is 24.7 Å². The zero-order chi connectivity index (χ0) is 18.9. The molecule has 1 aliphatic heterocycles. The van der Waals surface area contributed by atoms with Gasteiger partial charge in [0.1, 0.15) is 5.82 Å². The number of fused-ring (bicyclic) bond motifs is 1. The topological polar surface area (TPSA) is 32.3 Å². The number of carbonyl (C=O) groups excluding carboxylic acids is 1. The van der Waals surface area contributed by atoms with Crippen molar-refractivity contribution in [3.05, 3.63) is 70.5 Å². The summed E-state index contributed by atoms with van der Waals surface area (Å²) in [5.41, 5.74) is 1.36. The molecule has 0 aliphatic carbocycles. The molecule has 3 nitrogen and oxygen atoms in total. The molecule has 138 valence electrons. The van der Waals surface area contributed by atoms with Crippen LogP contribution < -0.4 is 5.32 Å². The minimum absolute atomic E-state index is 0.0337. The molecule has 0 aromatic heterocycles. The van der Waals surface area contributed by atoms with Gasteiger partial charge in [-0.2, -0.15) is 13.2 Å². The Hall–Kier alpha value is -2.41. The largest absolute Gasteiger partial charge is 0.416 e. The normalized spacial score (nSPS) is 17.7. The van der Waals surface area contributed by atoms with Gasteiger partial charge in [-0.15, -0.1) is 0 Å². The molecule has 0 bridgehead atoms. The van der Waals surface area contributed by atoms with E-state index in [4.69, 9.17) is 0 Å². The molecule has 1 N–H and O–H groups in total. The van der Waals surface area contributed by atoms with Gasteiger partial charge >= 0.3 is 6.18 Å². The predicted molar refractivity (Wildman–Crippen MR) is 89.1 cm³/mol. The number of likely N-dealkylation sites (N-methyl/N-ethyl adjacent to an activating group) is 1. The molecular weight excluding hydrogens is 348 g/mol. The summed E-state index contributed by atoms with van der Waals surface area (Å²) in [4.78, 5) is 14.2. The molecule has 3 rings (SSSR count). The Balaban J connectivity index is 1.62. The fourth-order valence-corrected chi connectivity index (χ4v) is 3.10. The van der Waals surface area contributed by atoms with Crippen molar-refractivity contribution >= 4 is 5.91 Å². The molecule has 0 saturated heterocycles. The first-order valence-corrected chi connectivity index (χ1v) is 8.17. The average Bonchev–Trinajstić information content (AvgIpc) is 2.59. The second kappa shape index (κ2) is 7.07. The second-order valence-corrected chi connectivity index (χ2v) is 6.47. The van der Waals surface area contributed by atoms with E-state index in [-0.39, 0.29) is 17.4 Å². The minimum Gasteiger partial charge on any atom is -0.350 e. The summed E-state index contributed by atoms with van der Waals surface area (Å²) in [5.74, 6) is -0.691. The summed E-state index contributed by atoms with van der Waals surface area (Å²) >= 11 is 0. The number of alkyl halides is 3. The van der Waals surface area contributed by atoms with Crippen LogP contribution in [0.2, 0.25) is 0 Å². The first kappa shape index (κ1) is 18.4. The summed E-state index contributed by atoms with van der Waals surface area (Å²) in [5, 5.41) is 2.76. The number of carbonyl (C=O) groups is 1. The lowest BCUT2D eigenvalue weighted by Crippen LogP contribution is -2.45. The van der Waals surface area contributed by atoms with Crippen molar-refractivity contribution in [3.63, 3.8) is 0 Å². The van der Waals surface area contributed by atoms with Gasteiger partial charge in [0.25, 0.3) is 5.91 Å². The third-order valence-corrected chi connectivity index (χ3v) is 4.64. The quantitative estimate of drug-likeness (QED) is 0.842. The van der Waals surface area contributed by atoms with Crippen LogP contribution in [0.15, 0.2) is 42.5 Å².